The number of rotatable bonds is 5. The van der Waals surface area contributed by atoms with Crippen LogP contribution in [0.25, 0.3) is 0 Å². The molecule has 2 aromatic heterocycles. The zero-order valence-electron chi connectivity index (χ0n) is 11.4. The average molecular weight is 313 g/mol. The molecular weight excluding hydrogens is 298 g/mol. The molecule has 0 saturated carbocycles. The third kappa shape index (κ3) is 3.51. The second kappa shape index (κ2) is 5.84. The molecular formula is C12H15N3O3S2. The average Bonchev–Trinajstić information content (AvgIpc) is 2.97. The predicted octanol–water partition coefficient (Wildman–Crippen LogP) is 2.30. The van der Waals surface area contributed by atoms with E-state index < -0.39 is 10.8 Å². The number of aromatic nitrogens is 2. The van der Waals surface area contributed by atoms with Crippen molar-refractivity contribution < 1.29 is 13.4 Å². The van der Waals surface area contributed by atoms with Crippen LogP contribution in [0, 0.1) is 0 Å². The van der Waals surface area contributed by atoms with Gasteiger partial charge in [-0.05, 0) is 0 Å². The maximum atomic E-state index is 12.2. The Balaban J connectivity index is 2.07. The molecule has 0 aromatic carbocycles. The van der Waals surface area contributed by atoms with E-state index in [4.69, 9.17) is 4.42 Å². The minimum atomic E-state index is -1.29. The van der Waals surface area contributed by atoms with Gasteiger partial charge >= 0.3 is 0 Å². The van der Waals surface area contributed by atoms with Crippen LogP contribution in [0.3, 0.4) is 0 Å². The fourth-order valence-electron chi connectivity index (χ4n) is 1.39. The van der Waals surface area contributed by atoms with Crippen LogP contribution >= 0.6 is 11.3 Å². The fourth-order valence-corrected chi connectivity index (χ4v) is 3.35. The molecule has 0 aliphatic heterocycles. The molecule has 0 bridgehead atoms. The van der Waals surface area contributed by atoms with E-state index in [1.165, 1.54) is 17.5 Å². The third-order valence-corrected chi connectivity index (χ3v) is 5.03. The number of carbonyl (C=O) groups excluding carboxylic acids is 1. The SMILES string of the molecule is CC(C)(C)c1cnc(CS(=O)c2cnc(NC=O)s2)o1. The summed E-state index contributed by atoms with van der Waals surface area (Å²) in [6.07, 6.45) is 3.69. The molecule has 0 spiro atoms. The highest BCUT2D eigenvalue weighted by molar-refractivity contribution is 7.86. The first-order valence-corrected chi connectivity index (χ1v) is 8.03. The van der Waals surface area contributed by atoms with E-state index in [0.29, 0.717) is 21.6 Å². The molecule has 2 rings (SSSR count). The van der Waals surface area contributed by atoms with E-state index in [9.17, 15) is 9.00 Å². The van der Waals surface area contributed by atoms with Gasteiger partial charge in [0, 0.05) is 5.41 Å². The highest BCUT2D eigenvalue weighted by Crippen LogP contribution is 2.25. The molecule has 1 N–H and O–H groups in total. The zero-order valence-corrected chi connectivity index (χ0v) is 13.0. The number of oxazole rings is 1. The second-order valence-electron chi connectivity index (χ2n) is 5.10. The van der Waals surface area contributed by atoms with Crippen molar-refractivity contribution in [2.24, 2.45) is 0 Å². The Labute approximate surface area is 123 Å². The summed E-state index contributed by atoms with van der Waals surface area (Å²) < 4.78 is 18.3. The summed E-state index contributed by atoms with van der Waals surface area (Å²) >= 11 is 1.17. The molecule has 1 unspecified atom stereocenters. The number of hydrogen-bond donors (Lipinski definition) is 1. The van der Waals surface area contributed by atoms with Crippen molar-refractivity contribution in [3.63, 3.8) is 0 Å². The summed E-state index contributed by atoms with van der Waals surface area (Å²) in [7, 11) is -1.29. The lowest BCUT2D eigenvalue weighted by Crippen LogP contribution is -2.09. The summed E-state index contributed by atoms with van der Waals surface area (Å²) in [5, 5.41) is 2.85. The Morgan fingerprint density at radius 3 is 2.75 bits per heavy atom. The lowest BCUT2D eigenvalue weighted by Gasteiger charge is -2.12. The Hall–Kier alpha value is -1.54. The molecule has 1 amide bonds. The van der Waals surface area contributed by atoms with Gasteiger partial charge in [-0.25, -0.2) is 9.97 Å². The van der Waals surface area contributed by atoms with E-state index in [1.54, 1.807) is 6.20 Å². The van der Waals surface area contributed by atoms with Gasteiger partial charge in [-0.3, -0.25) is 9.00 Å². The number of anilines is 1. The highest BCUT2D eigenvalue weighted by Gasteiger charge is 2.20. The number of nitrogens with zero attached hydrogens (tertiary/aromatic N) is 2. The maximum absolute atomic E-state index is 12.2. The van der Waals surface area contributed by atoms with E-state index >= 15 is 0 Å². The van der Waals surface area contributed by atoms with Crippen molar-refractivity contribution in [1.82, 2.24) is 9.97 Å². The number of thiazole rings is 1. The van der Waals surface area contributed by atoms with E-state index in [2.05, 4.69) is 15.3 Å². The Bertz CT molecular complexity index is 628. The lowest BCUT2D eigenvalue weighted by atomic mass is 9.94. The zero-order chi connectivity index (χ0) is 14.8. The van der Waals surface area contributed by atoms with Crippen LogP contribution in [0.1, 0.15) is 32.4 Å². The molecule has 0 radical (unpaired) electrons. The smallest absolute Gasteiger partial charge is 0.213 e. The van der Waals surface area contributed by atoms with Gasteiger partial charge in [-0.1, -0.05) is 32.1 Å². The van der Waals surface area contributed by atoms with Crippen molar-refractivity contribution in [3.05, 3.63) is 24.0 Å². The predicted molar refractivity (Wildman–Crippen MR) is 77.1 cm³/mol. The van der Waals surface area contributed by atoms with Gasteiger partial charge in [0.1, 0.15) is 15.7 Å². The number of hydrogen-bond acceptors (Lipinski definition) is 6. The van der Waals surface area contributed by atoms with Crippen LogP contribution in [0.2, 0.25) is 0 Å². The number of nitrogens with one attached hydrogen (secondary N) is 1. The van der Waals surface area contributed by atoms with Crippen molar-refractivity contribution in [2.45, 2.75) is 36.1 Å². The molecule has 108 valence electrons. The van der Waals surface area contributed by atoms with Gasteiger partial charge in [0.2, 0.25) is 12.3 Å². The molecule has 0 saturated heterocycles. The highest BCUT2D eigenvalue weighted by atomic mass is 32.2. The molecule has 0 aliphatic rings. The van der Waals surface area contributed by atoms with Gasteiger partial charge in [0.15, 0.2) is 5.13 Å². The quantitative estimate of drug-likeness (QED) is 0.856. The summed E-state index contributed by atoms with van der Waals surface area (Å²) in [5.41, 5.74) is -0.127. The van der Waals surface area contributed by atoms with Crippen molar-refractivity contribution in [2.75, 3.05) is 5.32 Å². The standard InChI is InChI=1S/C12H15N3O3S2/c1-12(2,3)8-4-13-9(18-8)6-20(17)10-5-14-11(19-10)15-7-16/h4-5,7H,6H2,1-3H3,(H,14,15,16). The van der Waals surface area contributed by atoms with Crippen LogP contribution in [0.15, 0.2) is 21.0 Å². The lowest BCUT2D eigenvalue weighted by molar-refractivity contribution is -0.105. The first kappa shape index (κ1) is 14.9. The van der Waals surface area contributed by atoms with Crippen molar-refractivity contribution in [1.29, 1.82) is 0 Å². The van der Waals surface area contributed by atoms with Gasteiger partial charge in [-0.15, -0.1) is 0 Å². The fraction of sp³-hybridized carbons (Fsp3) is 0.417. The van der Waals surface area contributed by atoms with Crippen molar-refractivity contribution >= 4 is 33.7 Å². The summed E-state index contributed by atoms with van der Waals surface area (Å²) in [6.45, 7) is 6.07. The normalized spacial score (nSPS) is 13.2. The molecule has 2 heterocycles. The van der Waals surface area contributed by atoms with Crippen LogP contribution in [-0.4, -0.2) is 20.6 Å². The maximum Gasteiger partial charge on any atom is 0.213 e. The molecule has 6 nitrogen and oxygen atoms in total. The molecule has 20 heavy (non-hydrogen) atoms. The number of carbonyl (C=O) groups is 1. The molecule has 1 atom stereocenters. The number of amides is 1. The van der Waals surface area contributed by atoms with Crippen LogP contribution < -0.4 is 5.32 Å². The van der Waals surface area contributed by atoms with Gasteiger partial charge in [0.05, 0.1) is 23.2 Å². The van der Waals surface area contributed by atoms with E-state index in [-0.39, 0.29) is 11.2 Å². The van der Waals surface area contributed by atoms with Gasteiger partial charge in [0.25, 0.3) is 0 Å². The van der Waals surface area contributed by atoms with Gasteiger partial charge < -0.3 is 9.73 Å². The van der Waals surface area contributed by atoms with Crippen LogP contribution in [0.5, 0.6) is 0 Å². The molecule has 2 aromatic rings. The first-order valence-electron chi connectivity index (χ1n) is 5.89. The Morgan fingerprint density at radius 1 is 1.40 bits per heavy atom. The molecule has 0 aliphatic carbocycles. The summed E-state index contributed by atoms with van der Waals surface area (Å²) in [6, 6.07) is 0. The largest absolute Gasteiger partial charge is 0.444 e. The minimum absolute atomic E-state index is 0.127. The second-order valence-corrected chi connectivity index (χ2v) is 7.81. The van der Waals surface area contributed by atoms with Crippen LogP contribution in [0.4, 0.5) is 5.13 Å². The summed E-state index contributed by atoms with van der Waals surface area (Å²) in [4.78, 5) is 18.4. The minimum Gasteiger partial charge on any atom is -0.444 e. The monoisotopic (exact) mass is 313 g/mol. The molecule has 8 heteroatoms. The van der Waals surface area contributed by atoms with E-state index in [1.807, 2.05) is 20.8 Å². The Kier molecular flexibility index (Phi) is 4.34. The third-order valence-electron chi connectivity index (χ3n) is 2.44. The first-order chi connectivity index (χ1) is 9.40. The van der Waals surface area contributed by atoms with Crippen molar-refractivity contribution in [3.8, 4) is 0 Å². The van der Waals surface area contributed by atoms with E-state index in [0.717, 1.165) is 5.76 Å². The summed E-state index contributed by atoms with van der Waals surface area (Å²) in [5.74, 6) is 1.39. The van der Waals surface area contributed by atoms with Gasteiger partial charge in [-0.2, -0.15) is 0 Å². The molecule has 0 fully saturated rings. The topological polar surface area (TPSA) is 85.1 Å². The Morgan fingerprint density at radius 2 is 2.15 bits per heavy atom. The van der Waals surface area contributed by atoms with Crippen LogP contribution in [-0.2, 0) is 26.8 Å².